The van der Waals surface area contributed by atoms with Gasteiger partial charge in [0.2, 0.25) is 0 Å². The molecule has 0 aromatic heterocycles. The lowest BCUT2D eigenvalue weighted by atomic mass is 10.0. The van der Waals surface area contributed by atoms with Crippen molar-refractivity contribution in [1.29, 1.82) is 0 Å². The summed E-state index contributed by atoms with van der Waals surface area (Å²) in [5.41, 5.74) is 1.87. The molecule has 1 fully saturated rings. The number of nitrogens with zero attached hydrogens (tertiary/aromatic N) is 2. The molecule has 2 aromatic rings. The average Bonchev–Trinajstić information content (AvgIpc) is 2.58. The van der Waals surface area contributed by atoms with E-state index in [4.69, 9.17) is 16.3 Å². The second-order valence-electron chi connectivity index (χ2n) is 6.07. The van der Waals surface area contributed by atoms with Crippen LogP contribution in [0.3, 0.4) is 0 Å². The van der Waals surface area contributed by atoms with Gasteiger partial charge in [-0.1, -0.05) is 17.7 Å². The number of non-ortho nitro benzene ring substituents is 1. The number of nitro groups is 1. The molecule has 0 atom stereocenters. The third-order valence-electron chi connectivity index (χ3n) is 4.30. The van der Waals surface area contributed by atoms with Crippen LogP contribution in [0.5, 0.6) is 5.75 Å². The predicted molar refractivity (Wildman–Crippen MR) is 94.7 cm³/mol. The molecule has 1 aliphatic heterocycles. The summed E-state index contributed by atoms with van der Waals surface area (Å²) in [4.78, 5) is 12.6. The fraction of sp³-hybridized carbons (Fsp3) is 0.333. The summed E-state index contributed by atoms with van der Waals surface area (Å²) in [6, 6.07) is 12.1. The number of ether oxygens (including phenoxy) is 1. The second kappa shape index (κ2) is 7.20. The van der Waals surface area contributed by atoms with Gasteiger partial charge in [-0.3, -0.25) is 10.1 Å². The standard InChI is InChI=1S/C18H19ClN2O3/c1-20-10-8-16(9-11-20)24-18-7-4-14(12-17(18)19)13-2-5-15(6-3-13)21(22)23/h2-7,12,16H,8-11H2,1H3. The molecule has 1 heterocycles. The Labute approximate surface area is 146 Å². The van der Waals surface area contributed by atoms with Gasteiger partial charge >= 0.3 is 0 Å². The summed E-state index contributed by atoms with van der Waals surface area (Å²) in [6.07, 6.45) is 2.19. The first-order chi connectivity index (χ1) is 11.5. The maximum absolute atomic E-state index is 10.7. The third kappa shape index (κ3) is 3.86. The molecule has 0 amide bonds. The van der Waals surface area contributed by atoms with Crippen LogP contribution in [-0.2, 0) is 0 Å². The first-order valence-electron chi connectivity index (χ1n) is 7.92. The normalized spacial score (nSPS) is 16.1. The van der Waals surface area contributed by atoms with E-state index in [1.807, 2.05) is 18.2 Å². The van der Waals surface area contributed by atoms with E-state index in [0.29, 0.717) is 10.8 Å². The monoisotopic (exact) mass is 346 g/mol. The highest BCUT2D eigenvalue weighted by Gasteiger charge is 2.19. The first kappa shape index (κ1) is 16.7. The van der Waals surface area contributed by atoms with Crippen LogP contribution in [0.25, 0.3) is 11.1 Å². The molecule has 0 N–H and O–H groups in total. The Hall–Kier alpha value is -2.11. The van der Waals surface area contributed by atoms with Crippen LogP contribution in [-0.4, -0.2) is 36.1 Å². The summed E-state index contributed by atoms with van der Waals surface area (Å²) in [5.74, 6) is 0.692. The molecule has 126 valence electrons. The van der Waals surface area contributed by atoms with Gasteiger partial charge in [-0.15, -0.1) is 0 Å². The largest absolute Gasteiger partial charge is 0.489 e. The lowest BCUT2D eigenvalue weighted by Crippen LogP contribution is -2.35. The Morgan fingerprint density at radius 3 is 2.33 bits per heavy atom. The summed E-state index contributed by atoms with van der Waals surface area (Å²) >= 11 is 6.37. The number of nitro benzene ring substituents is 1. The Balaban J connectivity index is 1.73. The predicted octanol–water partition coefficient (Wildman–Crippen LogP) is 4.39. The van der Waals surface area contributed by atoms with E-state index in [2.05, 4.69) is 11.9 Å². The number of piperidine rings is 1. The van der Waals surface area contributed by atoms with Gasteiger partial charge in [0.15, 0.2) is 0 Å². The molecule has 5 nitrogen and oxygen atoms in total. The summed E-state index contributed by atoms with van der Waals surface area (Å²) < 4.78 is 6.03. The quantitative estimate of drug-likeness (QED) is 0.608. The van der Waals surface area contributed by atoms with Gasteiger partial charge in [0.1, 0.15) is 11.9 Å². The van der Waals surface area contributed by atoms with Crippen LogP contribution in [0.4, 0.5) is 5.69 Å². The molecule has 2 aromatic carbocycles. The van der Waals surface area contributed by atoms with Crippen molar-refractivity contribution in [3.05, 3.63) is 57.6 Å². The highest BCUT2D eigenvalue weighted by Crippen LogP contribution is 2.32. The molecule has 3 rings (SSSR count). The lowest BCUT2D eigenvalue weighted by Gasteiger charge is -2.29. The first-order valence-corrected chi connectivity index (χ1v) is 8.30. The van der Waals surface area contributed by atoms with Crippen molar-refractivity contribution in [1.82, 2.24) is 4.90 Å². The highest BCUT2D eigenvalue weighted by atomic mass is 35.5. The molecular formula is C18H19ClN2O3. The maximum Gasteiger partial charge on any atom is 0.269 e. The van der Waals surface area contributed by atoms with Crippen molar-refractivity contribution in [2.24, 2.45) is 0 Å². The zero-order chi connectivity index (χ0) is 17.1. The zero-order valence-corrected chi connectivity index (χ0v) is 14.2. The van der Waals surface area contributed by atoms with Gasteiger partial charge in [0.25, 0.3) is 5.69 Å². The van der Waals surface area contributed by atoms with Crippen LogP contribution < -0.4 is 4.74 Å². The van der Waals surface area contributed by atoms with Crippen molar-refractivity contribution in [3.8, 4) is 16.9 Å². The molecule has 0 aliphatic carbocycles. The summed E-state index contributed by atoms with van der Waals surface area (Å²) in [6.45, 7) is 2.06. The van der Waals surface area contributed by atoms with Crippen molar-refractivity contribution in [2.75, 3.05) is 20.1 Å². The molecule has 0 unspecified atom stereocenters. The maximum atomic E-state index is 10.7. The lowest BCUT2D eigenvalue weighted by molar-refractivity contribution is -0.384. The van der Waals surface area contributed by atoms with Gasteiger partial charge in [0.05, 0.1) is 9.95 Å². The summed E-state index contributed by atoms with van der Waals surface area (Å²) in [7, 11) is 2.11. The fourth-order valence-electron chi connectivity index (χ4n) is 2.83. The van der Waals surface area contributed by atoms with Crippen molar-refractivity contribution >= 4 is 17.3 Å². The average molecular weight is 347 g/mol. The Bertz CT molecular complexity index is 726. The SMILES string of the molecule is CN1CCC(Oc2ccc(-c3ccc([N+](=O)[O-])cc3)cc2Cl)CC1. The van der Waals surface area contributed by atoms with E-state index in [0.717, 1.165) is 37.1 Å². The smallest absolute Gasteiger partial charge is 0.269 e. The van der Waals surface area contributed by atoms with Crippen LogP contribution in [0.2, 0.25) is 5.02 Å². The molecule has 0 spiro atoms. The third-order valence-corrected chi connectivity index (χ3v) is 4.60. The Kier molecular flexibility index (Phi) is 5.02. The van der Waals surface area contributed by atoms with Gasteiger partial charge in [0, 0.05) is 25.2 Å². The van der Waals surface area contributed by atoms with E-state index in [1.54, 1.807) is 12.1 Å². The number of hydrogen-bond acceptors (Lipinski definition) is 4. The number of likely N-dealkylation sites (tertiary alicyclic amines) is 1. The van der Waals surface area contributed by atoms with E-state index in [1.165, 1.54) is 12.1 Å². The number of benzene rings is 2. The highest BCUT2D eigenvalue weighted by molar-refractivity contribution is 6.32. The molecule has 24 heavy (non-hydrogen) atoms. The van der Waals surface area contributed by atoms with Crippen molar-refractivity contribution in [2.45, 2.75) is 18.9 Å². The minimum absolute atomic E-state index is 0.0760. The molecule has 0 saturated carbocycles. The van der Waals surface area contributed by atoms with Gasteiger partial charge in [-0.25, -0.2) is 0 Å². The molecular weight excluding hydrogens is 328 g/mol. The molecule has 1 saturated heterocycles. The van der Waals surface area contributed by atoms with Crippen molar-refractivity contribution in [3.63, 3.8) is 0 Å². The topological polar surface area (TPSA) is 55.6 Å². The van der Waals surface area contributed by atoms with E-state index < -0.39 is 4.92 Å². The van der Waals surface area contributed by atoms with Crippen LogP contribution in [0.1, 0.15) is 12.8 Å². The number of rotatable bonds is 4. The fourth-order valence-corrected chi connectivity index (χ4v) is 3.06. The van der Waals surface area contributed by atoms with Gasteiger partial charge < -0.3 is 9.64 Å². The van der Waals surface area contributed by atoms with Crippen LogP contribution >= 0.6 is 11.6 Å². The Morgan fingerprint density at radius 1 is 1.12 bits per heavy atom. The van der Waals surface area contributed by atoms with Crippen LogP contribution in [0, 0.1) is 10.1 Å². The summed E-state index contributed by atoms with van der Waals surface area (Å²) in [5, 5.41) is 11.3. The Morgan fingerprint density at radius 2 is 1.75 bits per heavy atom. The van der Waals surface area contributed by atoms with Crippen molar-refractivity contribution < 1.29 is 9.66 Å². The van der Waals surface area contributed by atoms with Gasteiger partial charge in [-0.05, 0) is 55.3 Å². The van der Waals surface area contributed by atoms with E-state index in [-0.39, 0.29) is 11.8 Å². The number of halogens is 1. The zero-order valence-electron chi connectivity index (χ0n) is 13.4. The second-order valence-corrected chi connectivity index (χ2v) is 6.48. The minimum Gasteiger partial charge on any atom is -0.489 e. The molecule has 0 bridgehead atoms. The molecule has 0 radical (unpaired) electrons. The molecule has 1 aliphatic rings. The van der Waals surface area contributed by atoms with E-state index >= 15 is 0 Å². The molecule has 6 heteroatoms. The van der Waals surface area contributed by atoms with Crippen LogP contribution in [0.15, 0.2) is 42.5 Å². The number of hydrogen-bond donors (Lipinski definition) is 0. The minimum atomic E-state index is -0.407. The van der Waals surface area contributed by atoms with Gasteiger partial charge in [-0.2, -0.15) is 0 Å². The van der Waals surface area contributed by atoms with E-state index in [9.17, 15) is 10.1 Å².